The van der Waals surface area contributed by atoms with E-state index in [2.05, 4.69) is 156 Å². The molecule has 9 aromatic rings. The quantitative estimate of drug-likeness (QED) is 0.179. The predicted octanol–water partition coefficient (Wildman–Crippen LogP) is 12.7. The van der Waals surface area contributed by atoms with Gasteiger partial charge in [-0.25, -0.2) is 0 Å². The lowest BCUT2D eigenvalue weighted by molar-refractivity contribution is 0.763. The number of nitrogens with zero attached hydrogens (tertiary/aromatic N) is 2. The summed E-state index contributed by atoms with van der Waals surface area (Å²) >= 11 is 0. The minimum absolute atomic E-state index is 0.197. The Bertz CT molecular complexity index is 2870. The molecule has 3 heterocycles. The third kappa shape index (κ3) is 3.93. The van der Waals surface area contributed by atoms with Crippen molar-refractivity contribution < 1.29 is 0 Å². The summed E-state index contributed by atoms with van der Waals surface area (Å²) in [5, 5.41) is 8.05. The molecule has 1 unspecified atom stereocenters. The van der Waals surface area contributed by atoms with Crippen LogP contribution >= 0.6 is 0 Å². The molecule has 0 saturated carbocycles. The molecular formula is C48H34N2. The van der Waals surface area contributed by atoms with Crippen LogP contribution in [0.4, 0.5) is 5.69 Å². The molecule has 0 saturated heterocycles. The SMILES string of the molecule is C1=C(/C2CCc3ccc4ccccc4c3-c3cc4c5ccccc5n5c6ccccc6c(c32)c45)c2ccccc2/N=C(/c2ccccc2)CC/1. The second kappa shape index (κ2) is 10.8. The highest BCUT2D eigenvalue weighted by molar-refractivity contribution is 6.27. The molecule has 0 radical (unpaired) electrons. The van der Waals surface area contributed by atoms with Gasteiger partial charge in [-0.15, -0.1) is 0 Å². The van der Waals surface area contributed by atoms with Gasteiger partial charge in [-0.3, -0.25) is 4.99 Å². The number of benzene rings is 7. The van der Waals surface area contributed by atoms with Crippen molar-refractivity contribution in [1.29, 1.82) is 0 Å². The van der Waals surface area contributed by atoms with Crippen LogP contribution in [-0.2, 0) is 6.42 Å². The number of fused-ring (bicyclic) bond motifs is 13. The third-order valence-electron chi connectivity index (χ3n) is 11.4. The molecule has 0 N–H and O–H groups in total. The summed E-state index contributed by atoms with van der Waals surface area (Å²) in [4.78, 5) is 5.41. The van der Waals surface area contributed by atoms with Gasteiger partial charge in [0.15, 0.2) is 0 Å². The molecule has 1 aliphatic carbocycles. The fourth-order valence-electron chi connectivity index (χ4n) is 9.37. The van der Waals surface area contributed by atoms with Gasteiger partial charge in [-0.2, -0.15) is 0 Å². The summed E-state index contributed by atoms with van der Waals surface area (Å²) in [6.45, 7) is 0. The third-order valence-corrected chi connectivity index (χ3v) is 11.4. The molecule has 2 aromatic heterocycles. The molecule has 2 aliphatic rings. The van der Waals surface area contributed by atoms with Crippen LogP contribution in [0.3, 0.4) is 0 Å². The standard InChI is InChI=1S/C48H34N2/c1-2-14-31(15-3-1)41-22-12-20-34(35-17-6-9-21-42(35)49-41)37-28-27-32-26-25-30-13-4-5-16-33(30)45(32)40-29-39-36-18-7-10-23-43(36)50-44-24-11-8-19-38(44)47(46(37)40)48(39)50/h1-11,13-21,23-26,29,37H,12,22,27-28H2/b34-20+,49-41+. The largest absolute Gasteiger partial charge is 0.308 e. The summed E-state index contributed by atoms with van der Waals surface area (Å²) in [6.07, 6.45) is 6.48. The van der Waals surface area contributed by atoms with Gasteiger partial charge in [0.2, 0.25) is 0 Å². The molecule has 0 amide bonds. The number of allylic oxidation sites excluding steroid dienone is 2. The summed E-state index contributed by atoms with van der Waals surface area (Å²) in [5.41, 5.74) is 15.7. The maximum atomic E-state index is 5.41. The van der Waals surface area contributed by atoms with Crippen LogP contribution in [-0.4, -0.2) is 10.1 Å². The second-order valence-corrected chi connectivity index (χ2v) is 14.0. The summed E-state index contributed by atoms with van der Waals surface area (Å²) in [7, 11) is 0. The van der Waals surface area contributed by atoms with Gasteiger partial charge in [0.05, 0.1) is 22.2 Å². The molecule has 50 heavy (non-hydrogen) atoms. The van der Waals surface area contributed by atoms with Crippen LogP contribution < -0.4 is 0 Å². The van der Waals surface area contributed by atoms with Crippen LogP contribution in [0.2, 0.25) is 0 Å². The van der Waals surface area contributed by atoms with E-state index in [-0.39, 0.29) is 5.92 Å². The van der Waals surface area contributed by atoms with Crippen LogP contribution in [0.1, 0.15) is 47.4 Å². The second-order valence-electron chi connectivity index (χ2n) is 14.0. The lowest BCUT2D eigenvalue weighted by Gasteiger charge is -2.26. The van der Waals surface area contributed by atoms with E-state index in [0.717, 1.165) is 37.1 Å². The maximum Gasteiger partial charge on any atom is 0.0708 e. The van der Waals surface area contributed by atoms with E-state index in [4.69, 9.17) is 4.99 Å². The molecule has 2 nitrogen and oxygen atoms in total. The van der Waals surface area contributed by atoms with Crippen LogP contribution in [0.15, 0.2) is 157 Å². The van der Waals surface area contributed by atoms with Crippen molar-refractivity contribution in [1.82, 2.24) is 4.40 Å². The zero-order valence-electron chi connectivity index (χ0n) is 27.7. The molecule has 236 valence electrons. The molecule has 0 fully saturated rings. The Balaban J connectivity index is 1.27. The number of hydrogen-bond acceptors (Lipinski definition) is 1. The van der Waals surface area contributed by atoms with E-state index in [1.165, 1.54) is 87.8 Å². The Morgan fingerprint density at radius 1 is 0.580 bits per heavy atom. The average molecular weight is 639 g/mol. The smallest absolute Gasteiger partial charge is 0.0708 e. The van der Waals surface area contributed by atoms with Crippen molar-refractivity contribution in [2.24, 2.45) is 4.99 Å². The number of hydrogen-bond donors (Lipinski definition) is 0. The summed E-state index contributed by atoms with van der Waals surface area (Å²) in [5.74, 6) is 0.197. The molecule has 0 spiro atoms. The molecule has 1 atom stereocenters. The van der Waals surface area contributed by atoms with Crippen LogP contribution in [0, 0.1) is 0 Å². The Morgan fingerprint density at radius 2 is 1.30 bits per heavy atom. The van der Waals surface area contributed by atoms with Crippen molar-refractivity contribution in [2.75, 3.05) is 0 Å². The van der Waals surface area contributed by atoms with E-state index < -0.39 is 0 Å². The van der Waals surface area contributed by atoms with Gasteiger partial charge in [-0.05, 0) is 94.1 Å². The van der Waals surface area contributed by atoms with Gasteiger partial charge in [-0.1, -0.05) is 127 Å². The first-order chi connectivity index (χ1) is 24.8. The van der Waals surface area contributed by atoms with Gasteiger partial charge in [0.1, 0.15) is 0 Å². The van der Waals surface area contributed by atoms with Crippen LogP contribution in [0.5, 0.6) is 0 Å². The number of aryl methyl sites for hydroxylation is 1. The number of para-hydroxylation sites is 3. The zero-order chi connectivity index (χ0) is 32.8. The van der Waals surface area contributed by atoms with Crippen molar-refractivity contribution in [3.05, 3.63) is 174 Å². The number of rotatable bonds is 2. The first-order valence-corrected chi connectivity index (χ1v) is 18.0. The first-order valence-electron chi connectivity index (χ1n) is 18.0. The fraction of sp³-hybridized carbons (Fsp3) is 0.104. The molecule has 11 rings (SSSR count). The maximum absolute atomic E-state index is 5.41. The van der Waals surface area contributed by atoms with Gasteiger partial charge in [0.25, 0.3) is 0 Å². The van der Waals surface area contributed by atoms with E-state index >= 15 is 0 Å². The molecular weight excluding hydrogens is 605 g/mol. The monoisotopic (exact) mass is 638 g/mol. The normalized spacial score (nSPS) is 18.2. The number of aliphatic imine (C=N–C) groups is 1. The number of aromatic nitrogens is 1. The Morgan fingerprint density at radius 3 is 2.18 bits per heavy atom. The van der Waals surface area contributed by atoms with Gasteiger partial charge < -0.3 is 4.40 Å². The van der Waals surface area contributed by atoms with Crippen molar-refractivity contribution in [3.8, 4) is 11.1 Å². The molecule has 7 aromatic carbocycles. The molecule has 2 heteroatoms. The van der Waals surface area contributed by atoms with Crippen molar-refractivity contribution >= 4 is 65.8 Å². The minimum atomic E-state index is 0.197. The van der Waals surface area contributed by atoms with Crippen molar-refractivity contribution in [3.63, 3.8) is 0 Å². The Kier molecular flexibility index (Phi) is 6.00. The predicted molar refractivity (Wildman–Crippen MR) is 211 cm³/mol. The minimum Gasteiger partial charge on any atom is -0.308 e. The zero-order valence-corrected chi connectivity index (χ0v) is 27.7. The topological polar surface area (TPSA) is 16.8 Å². The Labute approximate surface area is 291 Å². The van der Waals surface area contributed by atoms with Crippen molar-refractivity contribution in [2.45, 2.75) is 31.6 Å². The van der Waals surface area contributed by atoms with E-state index in [1.54, 1.807) is 0 Å². The highest BCUT2D eigenvalue weighted by Crippen LogP contribution is 2.54. The fourth-order valence-corrected chi connectivity index (χ4v) is 9.37. The first kappa shape index (κ1) is 27.9. The van der Waals surface area contributed by atoms with Crippen LogP contribution in [0.25, 0.3) is 65.6 Å². The lowest BCUT2D eigenvalue weighted by Crippen LogP contribution is -2.08. The highest BCUT2D eigenvalue weighted by Gasteiger charge is 2.33. The molecule has 1 aliphatic heterocycles. The average Bonchev–Trinajstić information content (AvgIpc) is 3.62. The van der Waals surface area contributed by atoms with Gasteiger partial charge >= 0.3 is 0 Å². The van der Waals surface area contributed by atoms with E-state index in [9.17, 15) is 0 Å². The lowest BCUT2D eigenvalue weighted by atomic mass is 9.78. The summed E-state index contributed by atoms with van der Waals surface area (Å²) < 4.78 is 2.54. The highest BCUT2D eigenvalue weighted by atomic mass is 14.9. The Hall–Kier alpha value is -5.99. The summed E-state index contributed by atoms with van der Waals surface area (Å²) in [6, 6.07) is 53.9. The van der Waals surface area contributed by atoms with E-state index in [0.29, 0.717) is 0 Å². The van der Waals surface area contributed by atoms with Gasteiger partial charge in [0, 0.05) is 38.7 Å². The van der Waals surface area contributed by atoms with E-state index in [1.807, 2.05) is 0 Å². The molecule has 0 bridgehead atoms.